The van der Waals surface area contributed by atoms with Gasteiger partial charge in [-0.2, -0.15) is 0 Å². The molecule has 1 amide bonds. The molecule has 0 saturated heterocycles. The lowest BCUT2D eigenvalue weighted by molar-refractivity contribution is 0.0912. The monoisotopic (exact) mass is 314 g/mol. The highest BCUT2D eigenvalue weighted by Crippen LogP contribution is 2.27. The van der Waals surface area contributed by atoms with Gasteiger partial charge in [0.05, 0.1) is 0 Å². The maximum Gasteiger partial charge on any atom is 0.287 e. The first kappa shape index (κ1) is 16.0. The molecule has 0 radical (unpaired) electrons. The van der Waals surface area contributed by atoms with E-state index in [1.54, 1.807) is 0 Å². The standard InChI is InChI=1S/C14H22N2O4S/c1-9-3-5-11(6-4-9)8-16-14(17)12-7-13(10(2)20-12)21(15,18)19/h7,9,11H,3-6,8H2,1-2H3,(H,16,17)(H2,15,18,19). The van der Waals surface area contributed by atoms with Crippen molar-refractivity contribution in [2.24, 2.45) is 17.0 Å². The molecule has 2 rings (SSSR count). The first-order chi connectivity index (χ1) is 9.77. The highest BCUT2D eigenvalue weighted by molar-refractivity contribution is 7.89. The molecule has 0 atom stereocenters. The molecule has 21 heavy (non-hydrogen) atoms. The van der Waals surface area contributed by atoms with E-state index >= 15 is 0 Å². The van der Waals surface area contributed by atoms with Crippen molar-refractivity contribution in [1.29, 1.82) is 0 Å². The number of nitrogens with one attached hydrogen (secondary N) is 1. The molecule has 0 unspecified atom stereocenters. The third-order valence-corrected chi connectivity index (χ3v) is 5.11. The predicted molar refractivity (Wildman–Crippen MR) is 78.3 cm³/mol. The Morgan fingerprint density at radius 1 is 1.38 bits per heavy atom. The number of carbonyl (C=O) groups excluding carboxylic acids is 1. The van der Waals surface area contributed by atoms with E-state index in [0.717, 1.165) is 18.8 Å². The number of rotatable bonds is 4. The molecule has 1 heterocycles. The molecule has 1 aromatic heterocycles. The highest BCUT2D eigenvalue weighted by atomic mass is 32.2. The normalized spacial score (nSPS) is 23.0. The number of hydrogen-bond donors (Lipinski definition) is 2. The highest BCUT2D eigenvalue weighted by Gasteiger charge is 2.23. The molecule has 0 aliphatic heterocycles. The van der Waals surface area contributed by atoms with Gasteiger partial charge >= 0.3 is 0 Å². The van der Waals surface area contributed by atoms with Gasteiger partial charge in [-0.25, -0.2) is 13.6 Å². The minimum absolute atomic E-state index is 0.0132. The Labute approximate surface area is 125 Å². The summed E-state index contributed by atoms with van der Waals surface area (Å²) in [5.74, 6) is 0.974. The Balaban J connectivity index is 1.95. The number of sulfonamides is 1. The second kappa shape index (κ2) is 6.19. The summed E-state index contributed by atoms with van der Waals surface area (Å²) in [5, 5.41) is 7.86. The van der Waals surface area contributed by atoms with Gasteiger partial charge in [0, 0.05) is 12.6 Å². The zero-order chi connectivity index (χ0) is 15.6. The van der Waals surface area contributed by atoms with Crippen LogP contribution in [-0.2, 0) is 10.0 Å². The summed E-state index contributed by atoms with van der Waals surface area (Å²) in [4.78, 5) is 11.9. The summed E-state index contributed by atoms with van der Waals surface area (Å²) < 4.78 is 27.8. The number of furan rings is 1. The zero-order valence-corrected chi connectivity index (χ0v) is 13.2. The van der Waals surface area contributed by atoms with Crippen molar-refractivity contribution in [2.45, 2.75) is 44.4 Å². The van der Waals surface area contributed by atoms with Crippen molar-refractivity contribution in [2.75, 3.05) is 6.54 Å². The van der Waals surface area contributed by atoms with E-state index in [1.807, 2.05) is 0 Å². The second-order valence-electron chi connectivity index (χ2n) is 5.91. The van der Waals surface area contributed by atoms with Gasteiger partial charge in [-0.05, 0) is 31.6 Å². The van der Waals surface area contributed by atoms with Gasteiger partial charge < -0.3 is 9.73 Å². The predicted octanol–water partition coefficient (Wildman–Crippen LogP) is 1.79. The SMILES string of the molecule is Cc1oc(C(=O)NCC2CCC(C)CC2)cc1S(N)(=O)=O. The number of amides is 1. The summed E-state index contributed by atoms with van der Waals surface area (Å²) in [7, 11) is -3.86. The maximum absolute atomic E-state index is 12.0. The van der Waals surface area contributed by atoms with Crippen LogP contribution in [0.4, 0.5) is 0 Å². The number of primary sulfonamides is 1. The van der Waals surface area contributed by atoms with Crippen LogP contribution in [0.5, 0.6) is 0 Å². The summed E-state index contributed by atoms with van der Waals surface area (Å²) in [6.45, 7) is 4.31. The molecular formula is C14H22N2O4S. The van der Waals surface area contributed by atoms with Gasteiger partial charge in [0.2, 0.25) is 10.0 Å². The molecule has 0 aromatic carbocycles. The molecule has 1 aliphatic carbocycles. The third-order valence-electron chi connectivity index (χ3n) is 4.09. The first-order valence-electron chi connectivity index (χ1n) is 7.19. The molecule has 0 spiro atoms. The largest absolute Gasteiger partial charge is 0.455 e. The van der Waals surface area contributed by atoms with Crippen LogP contribution in [0.15, 0.2) is 15.4 Å². The fraction of sp³-hybridized carbons (Fsp3) is 0.643. The average molecular weight is 314 g/mol. The van der Waals surface area contributed by atoms with Crippen LogP contribution < -0.4 is 10.5 Å². The molecule has 6 nitrogen and oxygen atoms in total. The third kappa shape index (κ3) is 4.07. The molecular weight excluding hydrogens is 292 g/mol. The Morgan fingerprint density at radius 3 is 2.52 bits per heavy atom. The summed E-state index contributed by atoms with van der Waals surface area (Å²) >= 11 is 0. The van der Waals surface area contributed by atoms with E-state index in [4.69, 9.17) is 9.56 Å². The fourth-order valence-electron chi connectivity index (χ4n) is 2.72. The zero-order valence-electron chi connectivity index (χ0n) is 12.4. The Bertz CT molecular complexity index is 613. The Kier molecular flexibility index (Phi) is 4.73. The summed E-state index contributed by atoms with van der Waals surface area (Å²) in [6.07, 6.45) is 4.61. The van der Waals surface area contributed by atoms with E-state index < -0.39 is 15.9 Å². The van der Waals surface area contributed by atoms with Crippen molar-refractivity contribution in [3.8, 4) is 0 Å². The minimum Gasteiger partial charge on any atom is -0.455 e. The number of nitrogens with two attached hydrogens (primary N) is 1. The lowest BCUT2D eigenvalue weighted by atomic mass is 9.83. The molecule has 1 saturated carbocycles. The van der Waals surface area contributed by atoms with Crippen LogP contribution in [0.25, 0.3) is 0 Å². The van der Waals surface area contributed by atoms with E-state index in [0.29, 0.717) is 12.5 Å². The average Bonchev–Trinajstić information content (AvgIpc) is 2.80. The molecule has 3 N–H and O–H groups in total. The summed E-state index contributed by atoms with van der Waals surface area (Å²) in [5.41, 5.74) is 0. The van der Waals surface area contributed by atoms with Gasteiger partial charge in [-0.3, -0.25) is 4.79 Å². The van der Waals surface area contributed by atoms with E-state index in [9.17, 15) is 13.2 Å². The van der Waals surface area contributed by atoms with Crippen molar-refractivity contribution >= 4 is 15.9 Å². The van der Waals surface area contributed by atoms with E-state index in [1.165, 1.54) is 25.8 Å². The number of carbonyl (C=O) groups is 1. The fourth-order valence-corrected chi connectivity index (χ4v) is 3.43. The van der Waals surface area contributed by atoms with Crippen molar-refractivity contribution in [3.63, 3.8) is 0 Å². The van der Waals surface area contributed by atoms with Crippen molar-refractivity contribution in [1.82, 2.24) is 5.32 Å². The topological polar surface area (TPSA) is 102 Å². The molecule has 1 fully saturated rings. The first-order valence-corrected chi connectivity index (χ1v) is 8.73. The molecule has 118 valence electrons. The molecule has 1 aromatic rings. The van der Waals surface area contributed by atoms with Gasteiger partial charge in [0.25, 0.3) is 5.91 Å². The van der Waals surface area contributed by atoms with Gasteiger partial charge in [0.1, 0.15) is 10.7 Å². The van der Waals surface area contributed by atoms with Crippen LogP contribution in [0.1, 0.15) is 48.9 Å². The van der Waals surface area contributed by atoms with Crippen LogP contribution in [0.3, 0.4) is 0 Å². The van der Waals surface area contributed by atoms with Gasteiger partial charge in [0.15, 0.2) is 5.76 Å². The van der Waals surface area contributed by atoms with Crippen LogP contribution >= 0.6 is 0 Å². The Hall–Kier alpha value is -1.34. The van der Waals surface area contributed by atoms with Gasteiger partial charge in [-0.1, -0.05) is 19.8 Å². The van der Waals surface area contributed by atoms with Gasteiger partial charge in [-0.15, -0.1) is 0 Å². The van der Waals surface area contributed by atoms with Crippen LogP contribution in [0.2, 0.25) is 0 Å². The quantitative estimate of drug-likeness (QED) is 0.884. The lowest BCUT2D eigenvalue weighted by Gasteiger charge is -2.26. The smallest absolute Gasteiger partial charge is 0.287 e. The number of hydrogen-bond acceptors (Lipinski definition) is 4. The molecule has 1 aliphatic rings. The Morgan fingerprint density at radius 2 is 2.00 bits per heavy atom. The van der Waals surface area contributed by atoms with Crippen molar-refractivity contribution in [3.05, 3.63) is 17.6 Å². The summed E-state index contributed by atoms with van der Waals surface area (Å²) in [6, 6.07) is 1.18. The lowest BCUT2D eigenvalue weighted by Crippen LogP contribution is -2.30. The second-order valence-corrected chi connectivity index (χ2v) is 7.44. The van der Waals surface area contributed by atoms with Crippen LogP contribution in [0, 0.1) is 18.8 Å². The van der Waals surface area contributed by atoms with Crippen LogP contribution in [-0.4, -0.2) is 20.9 Å². The van der Waals surface area contributed by atoms with Crippen molar-refractivity contribution < 1.29 is 17.6 Å². The molecule has 0 bridgehead atoms. The minimum atomic E-state index is -3.86. The van der Waals surface area contributed by atoms with E-state index in [-0.39, 0.29) is 16.4 Å². The number of aryl methyl sites for hydroxylation is 1. The maximum atomic E-state index is 12.0. The van der Waals surface area contributed by atoms with E-state index in [2.05, 4.69) is 12.2 Å². The molecule has 7 heteroatoms.